The van der Waals surface area contributed by atoms with E-state index >= 15 is 0 Å². The first-order valence-corrected chi connectivity index (χ1v) is 9.08. The fourth-order valence-corrected chi connectivity index (χ4v) is 3.24. The van der Waals surface area contributed by atoms with Gasteiger partial charge in [-0.2, -0.15) is 5.10 Å². The van der Waals surface area contributed by atoms with Crippen LogP contribution in [0, 0.1) is 13.8 Å². The number of hydrogen-bond acceptors (Lipinski definition) is 5. The molecule has 1 atom stereocenters. The highest BCUT2D eigenvalue weighted by Crippen LogP contribution is 2.21. The minimum Gasteiger partial charge on any atom is -0.493 e. The lowest BCUT2D eigenvalue weighted by molar-refractivity contribution is 0.299. The Labute approximate surface area is 165 Å². The molecule has 0 radical (unpaired) electrons. The van der Waals surface area contributed by atoms with Crippen molar-refractivity contribution in [3.05, 3.63) is 82.0 Å². The molecule has 0 saturated heterocycles. The fourth-order valence-electron chi connectivity index (χ4n) is 3.24. The van der Waals surface area contributed by atoms with Crippen molar-refractivity contribution in [1.29, 1.82) is 0 Å². The Balaban J connectivity index is 1.59. The van der Waals surface area contributed by atoms with Gasteiger partial charge < -0.3 is 9.63 Å². The van der Waals surface area contributed by atoms with Crippen LogP contribution in [0.5, 0.6) is 5.88 Å². The first kappa shape index (κ1) is 18.7. The van der Waals surface area contributed by atoms with Crippen molar-refractivity contribution in [2.24, 2.45) is 0 Å². The Kier molecular flexibility index (Phi) is 4.79. The zero-order valence-electron chi connectivity index (χ0n) is 16.0. The van der Waals surface area contributed by atoms with Crippen LogP contribution in [-0.2, 0) is 13.1 Å². The number of aromatic nitrogens is 5. The summed E-state index contributed by atoms with van der Waals surface area (Å²) in [7, 11) is 0. The lowest BCUT2D eigenvalue weighted by Gasteiger charge is -2.08. The van der Waals surface area contributed by atoms with Gasteiger partial charge in [0.05, 0.1) is 36.9 Å². The van der Waals surface area contributed by atoms with E-state index in [4.69, 9.17) is 4.52 Å². The number of aryl methyl sites for hydroxylation is 2. The predicted octanol–water partition coefficient (Wildman–Crippen LogP) is 2.91. The Morgan fingerprint density at radius 3 is 2.66 bits per heavy atom. The minimum atomic E-state index is -1.37. The molecule has 0 aliphatic heterocycles. The van der Waals surface area contributed by atoms with Crippen LogP contribution in [0.4, 0.5) is 4.39 Å². The Morgan fingerprint density at radius 1 is 1.21 bits per heavy atom. The molecule has 8 nitrogen and oxygen atoms in total. The number of halogens is 1. The second-order valence-corrected chi connectivity index (χ2v) is 6.83. The molecule has 150 valence electrons. The highest BCUT2D eigenvalue weighted by Gasteiger charge is 2.18. The summed E-state index contributed by atoms with van der Waals surface area (Å²) < 4.78 is 23.6. The van der Waals surface area contributed by atoms with E-state index in [2.05, 4.69) is 10.3 Å². The van der Waals surface area contributed by atoms with Crippen LogP contribution in [0.15, 0.2) is 58.2 Å². The summed E-state index contributed by atoms with van der Waals surface area (Å²) in [4.78, 5) is 12.7. The molecule has 0 spiro atoms. The SMILES string of the molecule is Cc1noc(C)c1Cn1cc(-n2c(O)cn(CC(F)c3ccccc3)c2=O)cn1. The van der Waals surface area contributed by atoms with Crippen molar-refractivity contribution < 1.29 is 14.0 Å². The highest BCUT2D eigenvalue weighted by atomic mass is 19.1. The van der Waals surface area contributed by atoms with E-state index in [-0.39, 0.29) is 12.4 Å². The molecular formula is C20H20FN5O3. The average molecular weight is 397 g/mol. The van der Waals surface area contributed by atoms with Gasteiger partial charge in [0.2, 0.25) is 5.88 Å². The van der Waals surface area contributed by atoms with Crippen LogP contribution >= 0.6 is 0 Å². The van der Waals surface area contributed by atoms with Gasteiger partial charge in [-0.3, -0.25) is 9.25 Å². The molecule has 1 aromatic carbocycles. The van der Waals surface area contributed by atoms with Crippen molar-refractivity contribution in [3.8, 4) is 11.6 Å². The molecule has 1 unspecified atom stereocenters. The molecule has 0 bridgehead atoms. The molecule has 4 rings (SSSR count). The van der Waals surface area contributed by atoms with E-state index in [1.807, 2.05) is 13.8 Å². The third kappa shape index (κ3) is 3.58. The highest BCUT2D eigenvalue weighted by molar-refractivity contribution is 5.32. The van der Waals surface area contributed by atoms with Crippen LogP contribution in [0.2, 0.25) is 0 Å². The molecule has 9 heteroatoms. The zero-order valence-corrected chi connectivity index (χ0v) is 16.0. The van der Waals surface area contributed by atoms with E-state index < -0.39 is 11.9 Å². The topological polar surface area (TPSA) is 91.0 Å². The standard InChI is InChI=1S/C20H20FN5O3/c1-13-17(14(2)29-23-13)10-25-9-16(8-22-25)26-19(27)12-24(20(26)28)11-18(21)15-6-4-3-5-7-15/h3-9,12,18,27H,10-11H2,1-2H3. The first-order valence-electron chi connectivity index (χ1n) is 9.08. The number of benzene rings is 1. The molecular weight excluding hydrogens is 377 g/mol. The van der Waals surface area contributed by atoms with Crippen molar-refractivity contribution in [2.45, 2.75) is 33.1 Å². The van der Waals surface area contributed by atoms with Gasteiger partial charge in [0.1, 0.15) is 11.9 Å². The minimum absolute atomic E-state index is 0.198. The van der Waals surface area contributed by atoms with Gasteiger partial charge in [-0.25, -0.2) is 13.8 Å². The molecule has 4 aromatic rings. The molecule has 3 aromatic heterocycles. The molecule has 0 aliphatic rings. The Bertz CT molecular complexity index is 1170. The normalized spacial score (nSPS) is 12.4. The molecule has 0 fully saturated rings. The summed E-state index contributed by atoms with van der Waals surface area (Å²) in [5.41, 5.74) is 1.97. The van der Waals surface area contributed by atoms with Crippen LogP contribution in [0.3, 0.4) is 0 Å². The number of nitrogens with zero attached hydrogens (tertiary/aromatic N) is 5. The van der Waals surface area contributed by atoms with Crippen molar-refractivity contribution >= 4 is 0 Å². The number of hydrogen-bond donors (Lipinski definition) is 1. The van der Waals surface area contributed by atoms with Gasteiger partial charge in [0, 0.05) is 11.8 Å². The number of alkyl halides is 1. The second kappa shape index (κ2) is 7.42. The third-order valence-corrected chi connectivity index (χ3v) is 4.83. The molecule has 0 aliphatic carbocycles. The van der Waals surface area contributed by atoms with Gasteiger partial charge in [-0.1, -0.05) is 35.5 Å². The van der Waals surface area contributed by atoms with Crippen LogP contribution < -0.4 is 5.69 Å². The van der Waals surface area contributed by atoms with Crippen molar-refractivity contribution in [2.75, 3.05) is 0 Å². The smallest absolute Gasteiger partial charge is 0.335 e. The fraction of sp³-hybridized carbons (Fsp3) is 0.250. The van der Waals surface area contributed by atoms with Gasteiger partial charge in [-0.05, 0) is 19.4 Å². The summed E-state index contributed by atoms with van der Waals surface area (Å²) in [6.07, 6.45) is 2.95. The third-order valence-electron chi connectivity index (χ3n) is 4.83. The first-order chi connectivity index (χ1) is 13.9. The monoisotopic (exact) mass is 397 g/mol. The largest absolute Gasteiger partial charge is 0.493 e. The maximum atomic E-state index is 14.6. The number of rotatable bonds is 6. The number of imidazole rings is 1. The average Bonchev–Trinajstić information content (AvgIpc) is 3.37. The lowest BCUT2D eigenvalue weighted by atomic mass is 10.1. The van der Waals surface area contributed by atoms with Crippen molar-refractivity contribution in [3.63, 3.8) is 0 Å². The Hall–Kier alpha value is -3.62. The van der Waals surface area contributed by atoms with E-state index in [1.54, 1.807) is 41.2 Å². The maximum Gasteiger partial charge on any atom is 0.335 e. The Morgan fingerprint density at radius 2 is 1.97 bits per heavy atom. The van der Waals surface area contributed by atoms with Crippen LogP contribution in [-0.4, -0.2) is 29.2 Å². The second-order valence-electron chi connectivity index (χ2n) is 6.83. The van der Waals surface area contributed by atoms with Crippen LogP contribution in [0.25, 0.3) is 5.69 Å². The van der Waals surface area contributed by atoms with Gasteiger partial charge >= 0.3 is 5.69 Å². The van der Waals surface area contributed by atoms with E-state index in [0.29, 0.717) is 23.6 Å². The summed E-state index contributed by atoms with van der Waals surface area (Å²) in [6.45, 7) is 3.87. The van der Waals surface area contributed by atoms with Gasteiger partial charge in [-0.15, -0.1) is 0 Å². The van der Waals surface area contributed by atoms with E-state index in [9.17, 15) is 14.3 Å². The van der Waals surface area contributed by atoms with Gasteiger partial charge in [0.25, 0.3) is 0 Å². The lowest BCUT2D eigenvalue weighted by Crippen LogP contribution is -2.24. The molecule has 0 saturated carbocycles. The van der Waals surface area contributed by atoms with E-state index in [0.717, 1.165) is 20.4 Å². The van der Waals surface area contributed by atoms with E-state index in [1.165, 1.54) is 12.4 Å². The summed E-state index contributed by atoms with van der Waals surface area (Å²) in [5, 5.41) is 18.4. The maximum absolute atomic E-state index is 14.6. The predicted molar refractivity (Wildman–Crippen MR) is 103 cm³/mol. The summed E-state index contributed by atoms with van der Waals surface area (Å²) >= 11 is 0. The molecule has 1 N–H and O–H groups in total. The number of aromatic hydroxyl groups is 1. The van der Waals surface area contributed by atoms with Crippen LogP contribution in [0.1, 0.15) is 28.8 Å². The summed E-state index contributed by atoms with van der Waals surface area (Å²) in [6, 6.07) is 8.59. The quantitative estimate of drug-likeness (QED) is 0.540. The molecule has 29 heavy (non-hydrogen) atoms. The molecule has 3 heterocycles. The van der Waals surface area contributed by atoms with Gasteiger partial charge in [0.15, 0.2) is 0 Å². The summed E-state index contributed by atoms with van der Waals surface area (Å²) in [5.74, 6) is 0.410. The van der Waals surface area contributed by atoms with Crippen molar-refractivity contribution in [1.82, 2.24) is 24.1 Å². The zero-order chi connectivity index (χ0) is 20.5. The molecule has 0 amide bonds.